The van der Waals surface area contributed by atoms with Gasteiger partial charge in [-0.1, -0.05) is 60.7 Å². The second-order valence-electron chi connectivity index (χ2n) is 7.54. The van der Waals surface area contributed by atoms with Crippen LogP contribution in [0.25, 0.3) is 0 Å². The highest BCUT2D eigenvalue weighted by Gasteiger charge is 2.02. The highest BCUT2D eigenvalue weighted by atomic mass is 16.3. The van der Waals surface area contributed by atoms with Crippen LogP contribution in [0.2, 0.25) is 0 Å². The zero-order valence-electron chi connectivity index (χ0n) is 17.3. The van der Waals surface area contributed by atoms with E-state index in [-0.39, 0.29) is 0 Å². The predicted octanol–water partition coefficient (Wildman–Crippen LogP) is 5.91. The summed E-state index contributed by atoms with van der Waals surface area (Å²) >= 11 is 0. The Morgan fingerprint density at radius 2 is 0.871 bits per heavy atom. The maximum absolute atomic E-state index is 9.86. The molecule has 4 nitrogen and oxygen atoms in total. The van der Waals surface area contributed by atoms with Gasteiger partial charge in [-0.3, -0.25) is 0 Å². The van der Waals surface area contributed by atoms with E-state index >= 15 is 0 Å². The highest BCUT2D eigenvalue weighted by Crippen LogP contribution is 2.20. The van der Waals surface area contributed by atoms with Crippen LogP contribution in [0.3, 0.4) is 0 Å². The van der Waals surface area contributed by atoms with Crippen molar-refractivity contribution >= 4 is 11.4 Å². The number of anilines is 2. The number of benzene rings is 4. The Morgan fingerprint density at radius 3 is 1.26 bits per heavy atom. The Bertz CT molecular complexity index is 1030. The van der Waals surface area contributed by atoms with Gasteiger partial charge in [0.05, 0.1) is 0 Å². The average molecular weight is 411 g/mol. The maximum Gasteiger partial charge on any atom is 0.120 e. The molecule has 4 rings (SSSR count). The van der Waals surface area contributed by atoms with E-state index in [1.807, 2.05) is 36.4 Å². The molecule has 0 aliphatic rings. The van der Waals surface area contributed by atoms with Gasteiger partial charge in [0, 0.05) is 35.6 Å². The average Bonchev–Trinajstić information content (AvgIpc) is 2.80. The lowest BCUT2D eigenvalue weighted by Gasteiger charge is -2.10. The van der Waals surface area contributed by atoms with Crippen LogP contribution < -0.4 is 10.6 Å². The van der Waals surface area contributed by atoms with Gasteiger partial charge >= 0.3 is 0 Å². The Labute approximate surface area is 182 Å². The third kappa shape index (κ3) is 5.58. The summed E-state index contributed by atoms with van der Waals surface area (Å²) in [5, 5.41) is 26.4. The zero-order valence-corrected chi connectivity index (χ0v) is 17.3. The van der Waals surface area contributed by atoms with Crippen LogP contribution in [0.1, 0.15) is 22.3 Å². The molecule has 4 aromatic carbocycles. The Morgan fingerprint density at radius 1 is 0.484 bits per heavy atom. The minimum atomic E-state index is 0.310. The second-order valence-corrected chi connectivity index (χ2v) is 7.54. The third-order valence-corrected chi connectivity index (χ3v) is 5.27. The predicted molar refractivity (Wildman–Crippen MR) is 127 cm³/mol. The topological polar surface area (TPSA) is 64.5 Å². The third-order valence-electron chi connectivity index (χ3n) is 5.27. The van der Waals surface area contributed by atoms with Gasteiger partial charge in [0.1, 0.15) is 11.5 Å². The fraction of sp³-hybridized carbons (Fsp3) is 0.111. The molecule has 0 aromatic heterocycles. The fourth-order valence-corrected chi connectivity index (χ4v) is 3.43. The molecule has 0 heterocycles. The summed E-state index contributed by atoms with van der Waals surface area (Å²) in [5.41, 5.74) is 6.28. The molecule has 4 aromatic rings. The molecule has 4 N–H and O–H groups in total. The number of aromatic hydroxyl groups is 2. The molecule has 156 valence electrons. The van der Waals surface area contributed by atoms with E-state index < -0.39 is 0 Å². The first-order valence-electron chi connectivity index (χ1n) is 10.4. The lowest BCUT2D eigenvalue weighted by molar-refractivity contribution is 0.468. The van der Waals surface area contributed by atoms with Gasteiger partial charge in [0.15, 0.2) is 0 Å². The second kappa shape index (κ2) is 9.72. The lowest BCUT2D eigenvalue weighted by atomic mass is 10.0. The van der Waals surface area contributed by atoms with Crippen LogP contribution >= 0.6 is 0 Å². The van der Waals surface area contributed by atoms with Crippen molar-refractivity contribution in [2.75, 3.05) is 10.6 Å². The first-order valence-corrected chi connectivity index (χ1v) is 10.4. The standard InChI is InChI=1S/C27H26N2O2/c30-26-7-3-1-5-22(26)18-28-24-13-9-20(10-14-24)17-21-11-15-25(16-12-21)29-19-23-6-2-4-8-27(23)31/h1-16,28-31H,17-19H2. The summed E-state index contributed by atoms with van der Waals surface area (Å²) in [7, 11) is 0. The number of phenols is 2. The van der Waals surface area contributed by atoms with Crippen molar-refractivity contribution in [2.45, 2.75) is 19.5 Å². The van der Waals surface area contributed by atoms with Gasteiger partial charge in [-0.25, -0.2) is 0 Å². The molecule has 0 saturated heterocycles. The quantitative estimate of drug-likeness (QED) is 0.291. The molecular weight excluding hydrogens is 384 g/mol. The molecular formula is C27H26N2O2. The highest BCUT2D eigenvalue weighted by molar-refractivity contribution is 5.49. The minimum absolute atomic E-state index is 0.310. The van der Waals surface area contributed by atoms with Gasteiger partial charge in [0.25, 0.3) is 0 Å². The van der Waals surface area contributed by atoms with E-state index in [4.69, 9.17) is 0 Å². The van der Waals surface area contributed by atoms with Crippen molar-refractivity contribution < 1.29 is 10.2 Å². The number of phenolic OH excluding ortho intramolecular Hbond substituents is 2. The molecule has 4 heteroatoms. The molecule has 0 fully saturated rings. The molecule has 0 radical (unpaired) electrons. The van der Waals surface area contributed by atoms with Gasteiger partial charge in [-0.05, 0) is 53.9 Å². The van der Waals surface area contributed by atoms with Gasteiger partial charge in [0.2, 0.25) is 0 Å². The van der Waals surface area contributed by atoms with E-state index in [1.54, 1.807) is 12.1 Å². The van der Waals surface area contributed by atoms with Crippen LogP contribution in [-0.2, 0) is 19.5 Å². The fourth-order valence-electron chi connectivity index (χ4n) is 3.43. The van der Waals surface area contributed by atoms with Crippen molar-refractivity contribution in [3.8, 4) is 11.5 Å². The number of rotatable bonds is 8. The van der Waals surface area contributed by atoms with Crippen LogP contribution in [0.5, 0.6) is 11.5 Å². The smallest absolute Gasteiger partial charge is 0.120 e. The molecule has 0 aliphatic carbocycles. The first-order chi connectivity index (χ1) is 15.2. The Hall–Kier alpha value is -3.92. The van der Waals surface area contributed by atoms with Gasteiger partial charge in [-0.15, -0.1) is 0 Å². The zero-order chi connectivity index (χ0) is 21.5. The van der Waals surface area contributed by atoms with Gasteiger partial charge in [-0.2, -0.15) is 0 Å². The number of hydrogen-bond acceptors (Lipinski definition) is 4. The summed E-state index contributed by atoms with van der Waals surface area (Å²) in [6, 6.07) is 31.5. The molecule has 0 amide bonds. The summed E-state index contributed by atoms with van der Waals surface area (Å²) in [5.74, 6) is 0.621. The first kappa shape index (κ1) is 20.4. The number of nitrogens with one attached hydrogen (secondary N) is 2. The largest absolute Gasteiger partial charge is 0.508 e. The molecule has 0 unspecified atom stereocenters. The summed E-state index contributed by atoms with van der Waals surface area (Å²) in [6.45, 7) is 1.17. The van der Waals surface area contributed by atoms with Crippen LogP contribution in [0, 0.1) is 0 Å². The van der Waals surface area contributed by atoms with Crippen molar-refractivity contribution in [3.05, 3.63) is 119 Å². The summed E-state index contributed by atoms with van der Waals surface area (Å²) < 4.78 is 0. The van der Waals surface area contributed by atoms with E-state index in [0.717, 1.165) is 28.9 Å². The number of para-hydroxylation sites is 2. The van der Waals surface area contributed by atoms with Crippen LogP contribution in [0.15, 0.2) is 97.1 Å². The van der Waals surface area contributed by atoms with E-state index in [0.29, 0.717) is 24.6 Å². The molecule has 0 saturated carbocycles. The molecule has 0 aliphatic heterocycles. The van der Waals surface area contributed by atoms with E-state index in [1.165, 1.54) is 11.1 Å². The number of hydrogen-bond donors (Lipinski definition) is 4. The van der Waals surface area contributed by atoms with Crippen molar-refractivity contribution in [2.24, 2.45) is 0 Å². The van der Waals surface area contributed by atoms with Crippen molar-refractivity contribution in [3.63, 3.8) is 0 Å². The lowest BCUT2D eigenvalue weighted by Crippen LogP contribution is -2.00. The van der Waals surface area contributed by atoms with Crippen LogP contribution in [0.4, 0.5) is 11.4 Å². The van der Waals surface area contributed by atoms with Crippen molar-refractivity contribution in [1.82, 2.24) is 0 Å². The molecule has 0 spiro atoms. The maximum atomic E-state index is 9.86. The SMILES string of the molecule is Oc1ccccc1CNc1ccc(Cc2ccc(NCc3ccccc3O)cc2)cc1. The normalized spacial score (nSPS) is 10.6. The Kier molecular flexibility index (Phi) is 6.38. The summed E-state index contributed by atoms with van der Waals surface area (Å²) in [4.78, 5) is 0. The Balaban J connectivity index is 1.30. The summed E-state index contributed by atoms with van der Waals surface area (Å²) in [6.07, 6.45) is 0.861. The van der Waals surface area contributed by atoms with Crippen LogP contribution in [-0.4, -0.2) is 10.2 Å². The van der Waals surface area contributed by atoms with E-state index in [9.17, 15) is 10.2 Å². The van der Waals surface area contributed by atoms with Gasteiger partial charge < -0.3 is 20.8 Å². The van der Waals surface area contributed by atoms with Crippen molar-refractivity contribution in [1.29, 1.82) is 0 Å². The van der Waals surface area contributed by atoms with E-state index in [2.05, 4.69) is 59.2 Å². The molecule has 31 heavy (non-hydrogen) atoms. The molecule has 0 bridgehead atoms. The monoisotopic (exact) mass is 410 g/mol. The minimum Gasteiger partial charge on any atom is -0.508 e. The molecule has 0 atom stereocenters.